The van der Waals surface area contributed by atoms with Gasteiger partial charge < -0.3 is 9.84 Å². The Labute approximate surface area is 154 Å². The number of rotatable bonds is 5. The number of nitrogens with zero attached hydrogens (tertiary/aromatic N) is 1. The number of aliphatic carboxylic acids is 1. The van der Waals surface area contributed by atoms with Crippen LogP contribution in [0.3, 0.4) is 0 Å². The van der Waals surface area contributed by atoms with E-state index in [1.54, 1.807) is 6.07 Å². The van der Waals surface area contributed by atoms with Crippen molar-refractivity contribution in [3.8, 4) is 17.6 Å². The van der Waals surface area contributed by atoms with Gasteiger partial charge in [0.05, 0.1) is 11.0 Å². The van der Waals surface area contributed by atoms with Gasteiger partial charge in [-0.2, -0.15) is 5.26 Å². The van der Waals surface area contributed by atoms with E-state index in [9.17, 15) is 15.2 Å². The Balaban J connectivity index is 2.01. The van der Waals surface area contributed by atoms with Gasteiger partial charge in [0.1, 0.15) is 17.6 Å². The molecule has 3 rings (SSSR count). The number of para-hydroxylation sites is 1. The van der Waals surface area contributed by atoms with Crippen LogP contribution in [0.25, 0.3) is 0 Å². The minimum absolute atomic E-state index is 0.303. The summed E-state index contributed by atoms with van der Waals surface area (Å²) in [5.74, 6) is 0.278. The molecule has 0 heterocycles. The van der Waals surface area contributed by atoms with Gasteiger partial charge in [0.2, 0.25) is 0 Å². The molecule has 0 aliphatic heterocycles. The first-order chi connectivity index (χ1) is 12.2. The normalized spacial score (nSPS) is 18.6. The zero-order valence-electron chi connectivity index (χ0n) is 15.5. The van der Waals surface area contributed by atoms with Crippen molar-refractivity contribution in [2.75, 3.05) is 0 Å². The second-order valence-electron chi connectivity index (χ2n) is 7.95. The molecule has 0 saturated heterocycles. The summed E-state index contributed by atoms with van der Waals surface area (Å²) < 4.78 is 5.87. The smallest absolute Gasteiger partial charge is 0.311 e. The Hall–Kier alpha value is -2.80. The molecular weight excluding hydrogens is 326 g/mol. The lowest BCUT2D eigenvalue weighted by Gasteiger charge is -2.19. The van der Waals surface area contributed by atoms with Gasteiger partial charge in [-0.1, -0.05) is 58.0 Å². The minimum atomic E-state index is -0.906. The molecule has 2 aromatic rings. The van der Waals surface area contributed by atoms with Crippen LogP contribution < -0.4 is 4.74 Å². The van der Waals surface area contributed by atoms with Crippen LogP contribution in [-0.4, -0.2) is 11.1 Å². The average molecular weight is 349 g/mol. The quantitative estimate of drug-likeness (QED) is 0.822. The molecule has 1 N–H and O–H groups in total. The molecular formula is C22H23NO3. The fourth-order valence-corrected chi connectivity index (χ4v) is 4.32. The number of hydrogen-bond acceptors (Lipinski definition) is 3. The summed E-state index contributed by atoms with van der Waals surface area (Å²) >= 11 is 0. The molecule has 4 nitrogen and oxygen atoms in total. The van der Waals surface area contributed by atoms with Gasteiger partial charge in [0.25, 0.3) is 0 Å². The first-order valence-electron chi connectivity index (χ1n) is 8.67. The fraction of sp³-hybridized carbons (Fsp3) is 0.364. The Morgan fingerprint density at radius 2 is 1.65 bits per heavy atom. The van der Waals surface area contributed by atoms with Crippen LogP contribution >= 0.6 is 0 Å². The molecule has 4 heteroatoms. The van der Waals surface area contributed by atoms with Gasteiger partial charge in [-0.3, -0.25) is 4.79 Å². The summed E-state index contributed by atoms with van der Waals surface area (Å²) in [7, 11) is 0. The van der Waals surface area contributed by atoms with Crippen molar-refractivity contribution in [1.82, 2.24) is 0 Å². The van der Waals surface area contributed by atoms with E-state index in [-0.39, 0.29) is 10.8 Å². The van der Waals surface area contributed by atoms with Crippen LogP contribution in [0.2, 0.25) is 0 Å². The highest BCUT2D eigenvalue weighted by Gasteiger charge is 2.81. The lowest BCUT2D eigenvalue weighted by Crippen LogP contribution is -2.26. The maximum Gasteiger partial charge on any atom is 0.311 e. The van der Waals surface area contributed by atoms with Crippen LogP contribution in [0.1, 0.15) is 38.8 Å². The molecule has 0 aromatic heterocycles. The van der Waals surface area contributed by atoms with Crippen molar-refractivity contribution in [3.63, 3.8) is 0 Å². The fourth-order valence-electron chi connectivity index (χ4n) is 4.32. The molecule has 1 saturated carbocycles. The molecule has 0 atom stereocenters. The predicted molar refractivity (Wildman–Crippen MR) is 99.0 cm³/mol. The second-order valence-corrected chi connectivity index (χ2v) is 7.95. The standard InChI is InChI=1S/C22H23NO3/c1-20(2)21(3,4)22(20,19(24)25)13-15-9-8-12-18(17(15)14-23)26-16-10-6-5-7-11-16/h5-12H,13H2,1-4H3,(H,24,25). The van der Waals surface area contributed by atoms with E-state index in [2.05, 4.69) is 6.07 Å². The van der Waals surface area contributed by atoms with Crippen molar-refractivity contribution >= 4 is 5.97 Å². The Morgan fingerprint density at radius 1 is 1.04 bits per heavy atom. The minimum Gasteiger partial charge on any atom is -0.481 e. The molecule has 2 aromatic carbocycles. The van der Waals surface area contributed by atoms with Gasteiger partial charge in [-0.15, -0.1) is 0 Å². The average Bonchev–Trinajstić information content (AvgIpc) is 2.94. The number of benzene rings is 2. The summed E-state index contributed by atoms with van der Waals surface area (Å²) in [5.41, 5.74) is -0.529. The molecule has 26 heavy (non-hydrogen) atoms. The largest absolute Gasteiger partial charge is 0.481 e. The Morgan fingerprint density at radius 3 is 2.15 bits per heavy atom. The second kappa shape index (κ2) is 5.88. The summed E-state index contributed by atoms with van der Waals surface area (Å²) in [4.78, 5) is 12.2. The van der Waals surface area contributed by atoms with E-state index in [4.69, 9.17) is 4.74 Å². The lowest BCUT2D eigenvalue weighted by molar-refractivity contribution is -0.145. The van der Waals surface area contributed by atoms with Crippen LogP contribution in [0, 0.1) is 27.6 Å². The number of carboxylic acids is 1. The number of ether oxygens (including phenoxy) is 1. The Bertz CT molecular complexity index is 877. The summed E-state index contributed by atoms with van der Waals surface area (Å²) in [6, 6.07) is 16.8. The highest BCUT2D eigenvalue weighted by atomic mass is 16.5. The van der Waals surface area contributed by atoms with Crippen molar-refractivity contribution in [3.05, 3.63) is 59.7 Å². The highest BCUT2D eigenvalue weighted by Crippen LogP contribution is 2.79. The topological polar surface area (TPSA) is 70.3 Å². The summed E-state index contributed by atoms with van der Waals surface area (Å²) in [6.07, 6.45) is 0.303. The third-order valence-electron chi connectivity index (χ3n) is 6.65. The van der Waals surface area contributed by atoms with Crippen LogP contribution in [0.4, 0.5) is 0 Å². The van der Waals surface area contributed by atoms with Crippen LogP contribution in [-0.2, 0) is 11.2 Å². The van der Waals surface area contributed by atoms with Crippen molar-refractivity contribution < 1.29 is 14.6 Å². The third kappa shape index (κ3) is 2.31. The zero-order valence-corrected chi connectivity index (χ0v) is 15.5. The van der Waals surface area contributed by atoms with E-state index in [1.165, 1.54) is 0 Å². The number of carboxylic acid groups (broad SMARTS) is 1. The van der Waals surface area contributed by atoms with Crippen molar-refractivity contribution in [2.45, 2.75) is 34.1 Å². The first-order valence-corrected chi connectivity index (χ1v) is 8.67. The molecule has 1 fully saturated rings. The van der Waals surface area contributed by atoms with Crippen LogP contribution in [0.15, 0.2) is 48.5 Å². The molecule has 134 valence electrons. The first kappa shape index (κ1) is 18.0. The maximum absolute atomic E-state index is 12.2. The summed E-state index contributed by atoms with van der Waals surface area (Å²) in [5, 5.41) is 19.7. The summed E-state index contributed by atoms with van der Waals surface area (Å²) in [6.45, 7) is 7.93. The van der Waals surface area contributed by atoms with E-state index in [0.29, 0.717) is 29.0 Å². The highest BCUT2D eigenvalue weighted by molar-refractivity contribution is 5.83. The Kier molecular flexibility index (Phi) is 4.07. The number of carbonyl (C=O) groups is 1. The SMILES string of the molecule is CC1(C)C(C)(C)C1(Cc1cccc(Oc2ccccc2)c1C#N)C(=O)O. The van der Waals surface area contributed by atoms with E-state index in [0.717, 1.165) is 0 Å². The van der Waals surface area contributed by atoms with Gasteiger partial charge in [0.15, 0.2) is 0 Å². The molecule has 0 spiro atoms. The van der Waals surface area contributed by atoms with E-state index >= 15 is 0 Å². The van der Waals surface area contributed by atoms with Gasteiger partial charge in [-0.25, -0.2) is 0 Å². The molecule has 1 aliphatic carbocycles. The third-order valence-corrected chi connectivity index (χ3v) is 6.65. The molecule has 0 bridgehead atoms. The van der Waals surface area contributed by atoms with Crippen molar-refractivity contribution in [2.24, 2.45) is 16.2 Å². The molecule has 0 radical (unpaired) electrons. The van der Waals surface area contributed by atoms with Gasteiger partial charge >= 0.3 is 5.97 Å². The van der Waals surface area contributed by atoms with Crippen molar-refractivity contribution in [1.29, 1.82) is 5.26 Å². The van der Waals surface area contributed by atoms with Crippen LogP contribution in [0.5, 0.6) is 11.5 Å². The maximum atomic E-state index is 12.2. The molecule has 1 aliphatic rings. The van der Waals surface area contributed by atoms with E-state index in [1.807, 2.05) is 70.2 Å². The lowest BCUT2D eigenvalue weighted by atomic mass is 9.85. The molecule has 0 unspecified atom stereocenters. The number of nitriles is 1. The predicted octanol–water partition coefficient (Wildman–Crippen LogP) is 5.03. The van der Waals surface area contributed by atoms with Gasteiger partial charge in [0, 0.05) is 0 Å². The zero-order chi connectivity index (χ0) is 19.2. The molecule has 0 amide bonds. The van der Waals surface area contributed by atoms with E-state index < -0.39 is 11.4 Å². The van der Waals surface area contributed by atoms with Gasteiger partial charge in [-0.05, 0) is 41.0 Å². The monoisotopic (exact) mass is 349 g/mol. The number of hydrogen-bond donors (Lipinski definition) is 1.